The number of carbonyl (C=O) groups is 1. The molecule has 7 heteroatoms. The molecule has 0 saturated heterocycles. The second-order valence-electron chi connectivity index (χ2n) is 4.05. The molecule has 0 radical (unpaired) electrons. The normalized spacial score (nSPS) is 10.4. The Hall–Kier alpha value is -2.70. The topological polar surface area (TPSA) is 96.6 Å². The lowest BCUT2D eigenvalue weighted by Gasteiger charge is -2.17. The first kappa shape index (κ1) is 12.7. The molecule has 0 unspecified atom stereocenters. The van der Waals surface area contributed by atoms with Crippen LogP contribution in [0, 0.1) is 10.1 Å². The van der Waals surface area contributed by atoms with E-state index in [0.717, 1.165) is 5.39 Å². The number of anilines is 1. The van der Waals surface area contributed by atoms with E-state index in [1.165, 1.54) is 17.0 Å². The molecule has 0 aliphatic heterocycles. The van der Waals surface area contributed by atoms with E-state index in [4.69, 9.17) is 5.11 Å². The summed E-state index contributed by atoms with van der Waals surface area (Å²) in [5, 5.41) is 20.9. The summed E-state index contributed by atoms with van der Waals surface area (Å²) in [7, 11) is 1.58. The number of fused-ring (bicyclic) bond motifs is 1. The van der Waals surface area contributed by atoms with E-state index in [1.807, 2.05) is 0 Å². The van der Waals surface area contributed by atoms with Gasteiger partial charge in [-0.2, -0.15) is 0 Å². The van der Waals surface area contributed by atoms with Gasteiger partial charge in [-0.3, -0.25) is 14.9 Å². The molecule has 0 spiro atoms. The molecule has 0 aliphatic carbocycles. The highest BCUT2D eigenvalue weighted by molar-refractivity contribution is 5.94. The second-order valence-corrected chi connectivity index (χ2v) is 4.05. The van der Waals surface area contributed by atoms with Crippen LogP contribution < -0.4 is 4.90 Å². The Balaban J connectivity index is 2.56. The van der Waals surface area contributed by atoms with Gasteiger partial charge in [0.05, 0.1) is 4.92 Å². The van der Waals surface area contributed by atoms with Crippen LogP contribution in [0.15, 0.2) is 30.5 Å². The van der Waals surface area contributed by atoms with Crippen LogP contribution in [0.5, 0.6) is 0 Å². The van der Waals surface area contributed by atoms with Gasteiger partial charge in [0.15, 0.2) is 0 Å². The van der Waals surface area contributed by atoms with Crippen LogP contribution >= 0.6 is 0 Å². The van der Waals surface area contributed by atoms with Crippen molar-refractivity contribution in [2.24, 2.45) is 0 Å². The molecule has 0 fully saturated rings. The number of likely N-dealkylation sites (N-methyl/N-ethyl adjacent to an activating group) is 1. The Morgan fingerprint density at radius 2 is 2.21 bits per heavy atom. The number of aliphatic carboxylic acids is 1. The zero-order valence-corrected chi connectivity index (χ0v) is 10.1. The lowest BCUT2D eigenvalue weighted by atomic mass is 10.1. The molecule has 1 aromatic heterocycles. The molecule has 0 atom stereocenters. The number of nitro benzene ring substituents is 1. The van der Waals surface area contributed by atoms with Gasteiger partial charge in [-0.1, -0.05) is 0 Å². The summed E-state index contributed by atoms with van der Waals surface area (Å²) < 4.78 is 0. The summed E-state index contributed by atoms with van der Waals surface area (Å²) in [6.45, 7) is -0.227. The van der Waals surface area contributed by atoms with Crippen molar-refractivity contribution in [2.75, 3.05) is 18.5 Å². The third-order valence-electron chi connectivity index (χ3n) is 2.67. The van der Waals surface area contributed by atoms with Crippen LogP contribution in [0.2, 0.25) is 0 Å². The molecule has 7 nitrogen and oxygen atoms in total. The lowest BCUT2D eigenvalue weighted by Crippen LogP contribution is -2.26. The first-order chi connectivity index (χ1) is 8.99. The van der Waals surface area contributed by atoms with E-state index in [1.54, 1.807) is 25.4 Å². The molecule has 0 saturated carbocycles. The van der Waals surface area contributed by atoms with Gasteiger partial charge in [-0.25, -0.2) is 4.98 Å². The number of hydrogen-bond acceptors (Lipinski definition) is 5. The van der Waals surface area contributed by atoms with Gasteiger partial charge >= 0.3 is 5.97 Å². The molecular formula is C12H11N3O4. The van der Waals surface area contributed by atoms with Crippen molar-refractivity contribution >= 4 is 28.2 Å². The quantitative estimate of drug-likeness (QED) is 0.664. The van der Waals surface area contributed by atoms with E-state index >= 15 is 0 Å². The van der Waals surface area contributed by atoms with Gasteiger partial charge in [-0.15, -0.1) is 0 Å². The maximum absolute atomic E-state index is 10.8. The minimum absolute atomic E-state index is 0.0505. The highest BCUT2D eigenvalue weighted by Gasteiger charge is 2.13. The van der Waals surface area contributed by atoms with Gasteiger partial charge < -0.3 is 10.0 Å². The highest BCUT2D eigenvalue weighted by atomic mass is 16.6. The molecular weight excluding hydrogens is 250 g/mol. The first-order valence-corrected chi connectivity index (χ1v) is 5.45. The average molecular weight is 261 g/mol. The van der Waals surface area contributed by atoms with Gasteiger partial charge in [0.1, 0.15) is 12.4 Å². The largest absolute Gasteiger partial charge is 0.480 e. The number of carboxylic acids is 1. The van der Waals surface area contributed by atoms with Crippen molar-refractivity contribution in [3.63, 3.8) is 0 Å². The number of rotatable bonds is 4. The van der Waals surface area contributed by atoms with Crippen LogP contribution in [-0.4, -0.2) is 34.6 Å². The van der Waals surface area contributed by atoms with E-state index < -0.39 is 10.9 Å². The number of benzene rings is 1. The van der Waals surface area contributed by atoms with Crippen molar-refractivity contribution in [1.82, 2.24) is 4.98 Å². The fourth-order valence-electron chi connectivity index (χ4n) is 1.84. The van der Waals surface area contributed by atoms with Gasteiger partial charge in [0.25, 0.3) is 5.69 Å². The zero-order valence-electron chi connectivity index (χ0n) is 10.1. The molecule has 1 aromatic carbocycles. The summed E-state index contributed by atoms with van der Waals surface area (Å²) in [5.74, 6) is -0.588. The predicted molar refractivity (Wildman–Crippen MR) is 69.3 cm³/mol. The molecule has 0 aliphatic rings. The number of nitrogens with zero attached hydrogens (tertiary/aromatic N) is 3. The maximum Gasteiger partial charge on any atom is 0.323 e. The molecule has 2 rings (SSSR count). The van der Waals surface area contributed by atoms with E-state index in [-0.39, 0.29) is 12.2 Å². The number of pyridine rings is 1. The van der Waals surface area contributed by atoms with Crippen LogP contribution in [0.1, 0.15) is 0 Å². The van der Waals surface area contributed by atoms with Crippen molar-refractivity contribution < 1.29 is 14.8 Å². The third-order valence-corrected chi connectivity index (χ3v) is 2.67. The molecule has 98 valence electrons. The van der Waals surface area contributed by atoms with Crippen LogP contribution in [-0.2, 0) is 4.79 Å². The number of non-ortho nitro benzene ring substituents is 1. The first-order valence-electron chi connectivity index (χ1n) is 5.45. The summed E-state index contributed by atoms with van der Waals surface area (Å²) in [6.07, 6.45) is 1.54. The molecule has 1 heterocycles. The van der Waals surface area contributed by atoms with Crippen molar-refractivity contribution in [1.29, 1.82) is 0 Å². The Morgan fingerprint density at radius 3 is 2.84 bits per heavy atom. The average Bonchev–Trinajstić information content (AvgIpc) is 2.36. The van der Waals surface area contributed by atoms with Gasteiger partial charge in [-0.05, 0) is 17.5 Å². The summed E-state index contributed by atoms with van der Waals surface area (Å²) in [5.41, 5.74) is -0.0505. The minimum Gasteiger partial charge on any atom is -0.480 e. The van der Waals surface area contributed by atoms with E-state index in [9.17, 15) is 14.9 Å². The fraction of sp³-hybridized carbons (Fsp3) is 0.167. The summed E-state index contributed by atoms with van der Waals surface area (Å²) in [4.78, 5) is 26.5. The molecule has 0 bridgehead atoms. The van der Waals surface area contributed by atoms with Crippen LogP contribution in [0.4, 0.5) is 11.5 Å². The molecule has 0 amide bonds. The maximum atomic E-state index is 10.8. The second kappa shape index (κ2) is 4.89. The van der Waals surface area contributed by atoms with E-state index in [0.29, 0.717) is 11.2 Å². The number of carboxylic acid groups (broad SMARTS) is 1. The van der Waals surface area contributed by atoms with Gasteiger partial charge in [0.2, 0.25) is 0 Å². The SMILES string of the molecule is CN(CC(=O)O)c1nccc2ccc([N+](=O)[O-])cc12. The van der Waals surface area contributed by atoms with Crippen molar-refractivity contribution in [3.8, 4) is 0 Å². The number of hydrogen-bond donors (Lipinski definition) is 1. The Morgan fingerprint density at radius 1 is 1.47 bits per heavy atom. The lowest BCUT2D eigenvalue weighted by molar-refractivity contribution is -0.384. The van der Waals surface area contributed by atoms with Crippen LogP contribution in [0.25, 0.3) is 10.8 Å². The molecule has 2 aromatic rings. The smallest absolute Gasteiger partial charge is 0.323 e. The van der Waals surface area contributed by atoms with Crippen molar-refractivity contribution in [2.45, 2.75) is 0 Å². The van der Waals surface area contributed by atoms with E-state index in [2.05, 4.69) is 4.98 Å². The Bertz CT molecular complexity index is 656. The zero-order chi connectivity index (χ0) is 14.0. The number of aromatic nitrogens is 1. The number of nitro groups is 1. The summed E-state index contributed by atoms with van der Waals surface area (Å²) in [6, 6.07) is 6.14. The van der Waals surface area contributed by atoms with Gasteiger partial charge in [0, 0.05) is 30.8 Å². The Labute approximate surface area is 108 Å². The van der Waals surface area contributed by atoms with Crippen LogP contribution in [0.3, 0.4) is 0 Å². The monoisotopic (exact) mass is 261 g/mol. The minimum atomic E-state index is -0.994. The Kier molecular flexibility index (Phi) is 3.28. The summed E-state index contributed by atoms with van der Waals surface area (Å²) >= 11 is 0. The van der Waals surface area contributed by atoms with Crippen molar-refractivity contribution in [3.05, 3.63) is 40.6 Å². The molecule has 19 heavy (non-hydrogen) atoms. The predicted octanol–water partition coefficient (Wildman–Crippen LogP) is 1.66. The standard InChI is InChI=1S/C12H11N3O4/c1-14(7-11(16)17)12-10-6-9(15(18)19)3-2-8(10)4-5-13-12/h2-6H,7H2,1H3,(H,16,17). The fourth-order valence-corrected chi connectivity index (χ4v) is 1.84. The molecule has 1 N–H and O–H groups in total. The highest BCUT2D eigenvalue weighted by Crippen LogP contribution is 2.27. The third kappa shape index (κ3) is 2.59.